The Hall–Kier alpha value is -2.21. The molecule has 2 rings (SSSR count). The van der Waals surface area contributed by atoms with Gasteiger partial charge in [-0.3, -0.25) is 4.79 Å². The number of benzene rings is 1. The molecule has 0 fully saturated rings. The summed E-state index contributed by atoms with van der Waals surface area (Å²) in [7, 11) is 0. The highest BCUT2D eigenvalue weighted by molar-refractivity contribution is 6.04. The van der Waals surface area contributed by atoms with Crippen LogP contribution in [0.1, 0.15) is 18.4 Å². The van der Waals surface area contributed by atoms with Crippen LogP contribution in [0.3, 0.4) is 0 Å². The van der Waals surface area contributed by atoms with Gasteiger partial charge in [0.05, 0.1) is 0 Å². The van der Waals surface area contributed by atoms with Crippen molar-refractivity contribution in [2.24, 2.45) is 10.7 Å². The molecule has 1 aliphatic heterocycles. The zero-order valence-corrected chi connectivity index (χ0v) is 10.4. The van der Waals surface area contributed by atoms with E-state index in [1.807, 2.05) is 30.3 Å². The number of aliphatic carboxylic acids is 1. The third-order valence-corrected chi connectivity index (χ3v) is 2.18. The predicted molar refractivity (Wildman–Crippen MR) is 69.9 cm³/mol. The largest absolute Gasteiger partial charge is 0.481 e. The number of rotatable bonds is 4. The summed E-state index contributed by atoms with van der Waals surface area (Å²) in [5, 5.41) is 7.99. The van der Waals surface area contributed by atoms with Crippen molar-refractivity contribution in [1.82, 2.24) is 0 Å². The molecule has 6 heteroatoms. The lowest BCUT2D eigenvalue weighted by Gasteiger charge is -1.97. The number of nitrogens with zero attached hydrogens (tertiary/aromatic N) is 1. The maximum atomic E-state index is 10.7. The van der Waals surface area contributed by atoms with Gasteiger partial charge >= 0.3 is 11.9 Å². The zero-order valence-electron chi connectivity index (χ0n) is 10.4. The van der Waals surface area contributed by atoms with E-state index in [4.69, 9.17) is 15.6 Å². The summed E-state index contributed by atoms with van der Waals surface area (Å²) >= 11 is 0. The summed E-state index contributed by atoms with van der Waals surface area (Å²) in [6.07, 6.45) is 0.770. The van der Waals surface area contributed by atoms with E-state index in [0.717, 1.165) is 5.56 Å². The third-order valence-electron chi connectivity index (χ3n) is 2.18. The number of hydrogen-bond donors (Lipinski definition) is 2. The lowest BCUT2D eigenvalue weighted by molar-refractivity contribution is -0.137. The van der Waals surface area contributed by atoms with E-state index in [-0.39, 0.29) is 18.9 Å². The molecule has 0 atom stereocenters. The van der Waals surface area contributed by atoms with Gasteiger partial charge in [-0.15, -0.1) is 0 Å². The van der Waals surface area contributed by atoms with Gasteiger partial charge < -0.3 is 15.6 Å². The minimum Gasteiger partial charge on any atom is -0.481 e. The molecule has 0 aromatic heterocycles. The fourth-order valence-corrected chi connectivity index (χ4v) is 1.29. The van der Waals surface area contributed by atoms with Crippen LogP contribution in [0.4, 0.5) is 0 Å². The molecular formula is C13H16N2O4. The number of carboxylic acids is 1. The van der Waals surface area contributed by atoms with Gasteiger partial charge in [-0.1, -0.05) is 18.2 Å². The summed E-state index contributed by atoms with van der Waals surface area (Å²) in [4.78, 5) is 24.3. The van der Waals surface area contributed by atoms with Crippen LogP contribution >= 0.6 is 0 Å². The van der Waals surface area contributed by atoms with E-state index >= 15 is 0 Å². The third kappa shape index (κ3) is 5.78. The Morgan fingerprint density at radius 2 is 2.05 bits per heavy atom. The molecule has 0 spiro atoms. The van der Waals surface area contributed by atoms with E-state index in [9.17, 15) is 9.59 Å². The van der Waals surface area contributed by atoms with E-state index in [1.54, 1.807) is 0 Å². The van der Waals surface area contributed by atoms with Gasteiger partial charge in [0.25, 0.3) is 0 Å². The lowest BCUT2D eigenvalue weighted by atomic mass is 10.2. The van der Waals surface area contributed by atoms with Crippen molar-refractivity contribution in [2.75, 3.05) is 13.1 Å². The van der Waals surface area contributed by atoms with Gasteiger partial charge in [0.1, 0.15) is 6.54 Å². The van der Waals surface area contributed by atoms with Crippen LogP contribution in [-0.2, 0) is 14.3 Å². The highest BCUT2D eigenvalue weighted by Gasteiger charge is 2.16. The van der Waals surface area contributed by atoms with E-state index in [0.29, 0.717) is 18.9 Å². The van der Waals surface area contributed by atoms with Gasteiger partial charge in [0.2, 0.25) is 5.90 Å². The molecule has 0 radical (unpaired) electrons. The molecule has 6 nitrogen and oxygen atoms in total. The van der Waals surface area contributed by atoms with E-state index < -0.39 is 5.97 Å². The van der Waals surface area contributed by atoms with Gasteiger partial charge in [0, 0.05) is 12.0 Å². The van der Waals surface area contributed by atoms with Gasteiger partial charge in [-0.2, -0.15) is 0 Å². The van der Waals surface area contributed by atoms with Crippen molar-refractivity contribution in [3.05, 3.63) is 35.9 Å². The average molecular weight is 264 g/mol. The van der Waals surface area contributed by atoms with Gasteiger partial charge in [0.15, 0.2) is 0 Å². The molecule has 0 unspecified atom stereocenters. The molecule has 1 heterocycles. The molecule has 0 saturated heterocycles. The number of carbonyl (C=O) groups is 2. The number of cyclic esters (lactones) is 1. The van der Waals surface area contributed by atoms with Crippen molar-refractivity contribution >= 4 is 17.8 Å². The first kappa shape index (κ1) is 14.8. The normalized spacial score (nSPS) is 13.1. The highest BCUT2D eigenvalue weighted by Crippen LogP contribution is 2.07. The van der Waals surface area contributed by atoms with Crippen LogP contribution in [0.2, 0.25) is 0 Å². The Bertz CT molecular complexity index is 457. The number of carboxylic acid groups (broad SMARTS) is 1. The van der Waals surface area contributed by atoms with Gasteiger partial charge in [-0.25, -0.2) is 9.79 Å². The number of aliphatic imine (C=N–C) groups is 1. The second-order valence-corrected chi connectivity index (χ2v) is 3.75. The van der Waals surface area contributed by atoms with Crippen LogP contribution in [0, 0.1) is 0 Å². The number of esters is 1. The Kier molecular flexibility index (Phi) is 6.25. The monoisotopic (exact) mass is 264 g/mol. The lowest BCUT2D eigenvalue weighted by Crippen LogP contribution is -2.05. The second kappa shape index (κ2) is 7.99. The molecule has 1 aromatic rings. The highest BCUT2D eigenvalue weighted by atomic mass is 16.6. The van der Waals surface area contributed by atoms with Crippen molar-refractivity contribution in [2.45, 2.75) is 12.8 Å². The Morgan fingerprint density at radius 3 is 2.47 bits per heavy atom. The number of carbonyl (C=O) groups excluding carboxylic acids is 1. The summed E-state index contributed by atoms with van der Waals surface area (Å²) in [5.74, 6) is -0.625. The number of hydrogen-bond acceptors (Lipinski definition) is 5. The smallest absolute Gasteiger partial charge is 0.334 e. The minimum absolute atomic E-state index is 0.143. The summed E-state index contributed by atoms with van der Waals surface area (Å²) in [6.45, 7) is 0.608. The molecule has 0 saturated carbocycles. The van der Waals surface area contributed by atoms with Crippen LogP contribution in [0.15, 0.2) is 35.3 Å². The topological polar surface area (TPSA) is 102 Å². The number of nitrogens with two attached hydrogens (primary N) is 1. The van der Waals surface area contributed by atoms with Crippen molar-refractivity contribution in [1.29, 1.82) is 0 Å². The van der Waals surface area contributed by atoms with Crippen LogP contribution in [0.25, 0.3) is 0 Å². The Labute approximate surface area is 110 Å². The van der Waals surface area contributed by atoms with Crippen molar-refractivity contribution < 1.29 is 19.4 Å². The molecule has 1 aliphatic rings. The maximum absolute atomic E-state index is 10.7. The molecule has 1 aromatic carbocycles. The first-order valence-corrected chi connectivity index (χ1v) is 5.86. The van der Waals surface area contributed by atoms with Crippen molar-refractivity contribution in [3.8, 4) is 0 Å². The Balaban J connectivity index is 0.000000224. The molecule has 3 N–H and O–H groups in total. The molecule has 102 valence electrons. The number of ether oxygens (including phenoxy) is 1. The van der Waals surface area contributed by atoms with Crippen LogP contribution in [-0.4, -0.2) is 36.0 Å². The summed E-state index contributed by atoms with van der Waals surface area (Å²) in [5.41, 5.74) is 5.86. The van der Waals surface area contributed by atoms with Gasteiger partial charge in [-0.05, 0) is 25.1 Å². The molecular weight excluding hydrogens is 248 g/mol. The SMILES string of the molecule is NCCCC(=O)O.O=C1CN=C(c2ccccc2)O1. The fourth-order valence-electron chi connectivity index (χ4n) is 1.29. The Morgan fingerprint density at radius 1 is 1.37 bits per heavy atom. The van der Waals surface area contributed by atoms with Crippen LogP contribution < -0.4 is 5.73 Å². The second-order valence-electron chi connectivity index (χ2n) is 3.75. The quantitative estimate of drug-likeness (QED) is 0.783. The predicted octanol–water partition coefficient (Wildman–Crippen LogP) is 0.800. The molecule has 0 bridgehead atoms. The first-order valence-electron chi connectivity index (χ1n) is 5.86. The minimum atomic E-state index is -0.773. The zero-order chi connectivity index (χ0) is 14.1. The van der Waals surface area contributed by atoms with E-state index in [1.165, 1.54) is 0 Å². The molecule has 0 aliphatic carbocycles. The standard InChI is InChI=1S/C9H7NO2.C4H9NO2/c11-8-6-10-9(12-8)7-4-2-1-3-5-7;5-3-1-2-4(6)7/h1-5H,6H2;1-3,5H2,(H,6,7). The van der Waals surface area contributed by atoms with Crippen LogP contribution in [0.5, 0.6) is 0 Å². The van der Waals surface area contributed by atoms with E-state index in [2.05, 4.69) is 4.99 Å². The first-order chi connectivity index (χ1) is 9.13. The fraction of sp³-hybridized carbons (Fsp3) is 0.308. The summed E-state index contributed by atoms with van der Waals surface area (Å²) in [6, 6.07) is 9.38. The summed E-state index contributed by atoms with van der Waals surface area (Å²) < 4.78 is 4.86. The maximum Gasteiger partial charge on any atom is 0.334 e. The average Bonchev–Trinajstić information content (AvgIpc) is 2.85. The molecule has 19 heavy (non-hydrogen) atoms. The molecule has 0 amide bonds. The van der Waals surface area contributed by atoms with Crippen molar-refractivity contribution in [3.63, 3.8) is 0 Å².